The highest BCUT2D eigenvalue weighted by Gasteiger charge is 2.48. The minimum absolute atomic E-state index is 0.0511. The third-order valence-corrected chi connectivity index (χ3v) is 7.44. The van der Waals surface area contributed by atoms with E-state index in [-0.39, 0.29) is 43.2 Å². The Morgan fingerprint density at radius 3 is 2.26 bits per heavy atom. The quantitative estimate of drug-likeness (QED) is 0.436. The summed E-state index contributed by atoms with van der Waals surface area (Å²) in [6.07, 6.45) is 1.30. The number of ether oxygens (including phenoxy) is 1. The molecule has 4 amide bonds. The van der Waals surface area contributed by atoms with Gasteiger partial charge in [-0.2, -0.15) is 0 Å². The Bertz CT molecular complexity index is 1390. The molecular weight excluding hydrogens is 550 g/mol. The lowest BCUT2D eigenvalue weighted by Crippen LogP contribution is -2.52. The Kier molecular flexibility index (Phi) is 9.84. The average Bonchev–Trinajstić information content (AvgIpc) is 3.56. The fraction of sp³-hybridized carbons (Fsp3) is 0.406. The predicted molar refractivity (Wildman–Crippen MR) is 161 cm³/mol. The van der Waals surface area contributed by atoms with Gasteiger partial charge in [0, 0.05) is 37.6 Å². The largest absolute Gasteiger partial charge is 0.445 e. The number of Topliss-reactive ketones (excluding diaryl/α,β-unsaturated/α-hetero) is 1. The van der Waals surface area contributed by atoms with Crippen LogP contribution in [-0.4, -0.2) is 84.7 Å². The Labute approximate surface area is 251 Å². The Hall–Kier alpha value is -4.67. The zero-order valence-corrected chi connectivity index (χ0v) is 25.2. The maximum absolute atomic E-state index is 13.8. The molecule has 1 saturated heterocycles. The van der Waals surface area contributed by atoms with Crippen LogP contribution in [0.3, 0.4) is 0 Å². The van der Waals surface area contributed by atoms with E-state index in [9.17, 15) is 24.0 Å². The minimum Gasteiger partial charge on any atom is -0.445 e. The number of amides is 4. The number of likely N-dealkylation sites (tertiary alicyclic amines) is 1. The van der Waals surface area contributed by atoms with Crippen LogP contribution in [0.1, 0.15) is 43.1 Å². The first-order valence-electron chi connectivity index (χ1n) is 14.4. The molecule has 0 spiro atoms. The molecule has 1 unspecified atom stereocenters. The summed E-state index contributed by atoms with van der Waals surface area (Å²) in [6, 6.07) is 13.5. The molecular formula is C32H39N5O6. The van der Waals surface area contributed by atoms with Gasteiger partial charge < -0.3 is 30.1 Å². The van der Waals surface area contributed by atoms with E-state index in [1.54, 1.807) is 18.2 Å². The van der Waals surface area contributed by atoms with Gasteiger partial charge in [0.15, 0.2) is 5.78 Å². The molecule has 0 aromatic heterocycles. The second-order valence-electron chi connectivity index (χ2n) is 11.4. The van der Waals surface area contributed by atoms with Crippen molar-refractivity contribution in [3.8, 4) is 0 Å². The number of nitrogens with zero attached hydrogens (tertiary/aromatic N) is 3. The van der Waals surface area contributed by atoms with E-state index in [4.69, 9.17) is 4.74 Å². The van der Waals surface area contributed by atoms with Crippen LogP contribution in [0.2, 0.25) is 0 Å². The summed E-state index contributed by atoms with van der Waals surface area (Å²) < 4.78 is 5.21. The third-order valence-electron chi connectivity index (χ3n) is 7.44. The van der Waals surface area contributed by atoms with E-state index in [2.05, 4.69) is 10.6 Å². The van der Waals surface area contributed by atoms with Crippen LogP contribution in [0.15, 0.2) is 66.4 Å². The molecule has 2 aliphatic rings. The van der Waals surface area contributed by atoms with Gasteiger partial charge in [-0.3, -0.25) is 19.2 Å². The highest BCUT2D eigenvalue weighted by atomic mass is 16.5. The van der Waals surface area contributed by atoms with Crippen LogP contribution in [0.5, 0.6) is 0 Å². The number of fused-ring (bicyclic) bond motifs is 1. The smallest absolute Gasteiger partial charge is 0.408 e. The van der Waals surface area contributed by atoms with Crippen LogP contribution >= 0.6 is 0 Å². The average molecular weight is 590 g/mol. The van der Waals surface area contributed by atoms with Gasteiger partial charge in [0.1, 0.15) is 24.7 Å². The molecule has 1 fully saturated rings. The molecule has 0 radical (unpaired) electrons. The Morgan fingerprint density at radius 1 is 0.953 bits per heavy atom. The fourth-order valence-electron chi connectivity index (χ4n) is 5.20. The van der Waals surface area contributed by atoms with Crippen molar-refractivity contribution in [1.29, 1.82) is 0 Å². The standard InChI is InChI=1S/C32H39N5O6/c1-20(2)17-25(34-29(39)23-11-13-24(14-12-23)35(4)5)31(41)36-16-15-26-28(36)27(38)18-37(26)30(40)21(3)33-32(42)43-19-22-9-7-6-8-10-22/h6-15,20-21,25,28H,16-19H2,1-5H3,(H,33,42)(H,34,39)/t21-,25-,28?/m0/s1. The number of benzene rings is 2. The number of hydrogen-bond donors (Lipinski definition) is 2. The third kappa shape index (κ3) is 7.40. The maximum Gasteiger partial charge on any atom is 0.408 e. The maximum atomic E-state index is 13.8. The zero-order valence-electron chi connectivity index (χ0n) is 25.2. The van der Waals surface area contributed by atoms with Crippen molar-refractivity contribution in [2.75, 3.05) is 32.1 Å². The van der Waals surface area contributed by atoms with E-state index < -0.39 is 30.1 Å². The first-order chi connectivity index (χ1) is 20.5. The van der Waals surface area contributed by atoms with E-state index in [0.29, 0.717) is 17.7 Å². The summed E-state index contributed by atoms with van der Waals surface area (Å²) in [4.78, 5) is 70.2. The molecule has 0 saturated carbocycles. The fourth-order valence-corrected chi connectivity index (χ4v) is 5.20. The number of carbonyl (C=O) groups is 5. The number of rotatable bonds is 10. The van der Waals surface area contributed by atoms with Crippen molar-refractivity contribution < 1.29 is 28.7 Å². The topological polar surface area (TPSA) is 128 Å². The molecule has 11 heteroatoms. The van der Waals surface area contributed by atoms with Crippen molar-refractivity contribution in [3.05, 3.63) is 77.5 Å². The van der Waals surface area contributed by atoms with E-state index in [0.717, 1.165) is 11.3 Å². The second-order valence-corrected chi connectivity index (χ2v) is 11.4. The first-order valence-corrected chi connectivity index (χ1v) is 14.4. The van der Waals surface area contributed by atoms with Gasteiger partial charge in [-0.15, -0.1) is 0 Å². The number of hydrogen-bond acceptors (Lipinski definition) is 7. The lowest BCUT2D eigenvalue weighted by atomic mass is 10.0. The van der Waals surface area contributed by atoms with E-state index >= 15 is 0 Å². The molecule has 43 heavy (non-hydrogen) atoms. The van der Waals surface area contributed by atoms with Crippen molar-refractivity contribution in [2.24, 2.45) is 5.92 Å². The molecule has 0 aliphatic carbocycles. The molecule has 228 valence electrons. The van der Waals surface area contributed by atoms with Crippen LogP contribution in [0.25, 0.3) is 0 Å². The van der Waals surface area contributed by atoms with Gasteiger partial charge >= 0.3 is 6.09 Å². The van der Waals surface area contributed by atoms with Crippen LogP contribution in [0, 0.1) is 5.92 Å². The molecule has 2 heterocycles. The van der Waals surface area contributed by atoms with Crippen molar-refractivity contribution >= 4 is 35.3 Å². The summed E-state index contributed by atoms with van der Waals surface area (Å²) in [5.41, 5.74) is 2.57. The number of ketones is 1. The summed E-state index contributed by atoms with van der Waals surface area (Å²) in [6.45, 7) is 5.37. The number of anilines is 1. The highest BCUT2D eigenvalue weighted by Crippen LogP contribution is 2.31. The normalized spacial score (nSPS) is 17.2. The van der Waals surface area contributed by atoms with Crippen LogP contribution < -0.4 is 15.5 Å². The Balaban J connectivity index is 1.39. The SMILES string of the molecule is CC(C)C[C@H](NC(=O)c1ccc(N(C)C)cc1)C(=O)N1CC=C2C1C(=O)CN2C(=O)[C@H](C)NC(=O)OCc1ccccc1. The van der Waals surface area contributed by atoms with Gasteiger partial charge in [0.25, 0.3) is 5.91 Å². The van der Waals surface area contributed by atoms with Gasteiger partial charge in [0.2, 0.25) is 11.8 Å². The van der Waals surface area contributed by atoms with Crippen molar-refractivity contribution in [3.63, 3.8) is 0 Å². The molecule has 2 aromatic carbocycles. The van der Waals surface area contributed by atoms with E-state index in [1.165, 1.54) is 16.7 Å². The van der Waals surface area contributed by atoms with Gasteiger partial charge in [0.05, 0.1) is 6.54 Å². The van der Waals surface area contributed by atoms with Crippen molar-refractivity contribution in [1.82, 2.24) is 20.4 Å². The lowest BCUT2D eigenvalue weighted by molar-refractivity contribution is -0.137. The summed E-state index contributed by atoms with van der Waals surface area (Å²) >= 11 is 0. The lowest BCUT2D eigenvalue weighted by Gasteiger charge is -2.29. The Morgan fingerprint density at radius 2 is 1.63 bits per heavy atom. The first kappa shape index (κ1) is 31.3. The summed E-state index contributed by atoms with van der Waals surface area (Å²) in [5, 5.41) is 5.38. The zero-order chi connectivity index (χ0) is 31.3. The summed E-state index contributed by atoms with van der Waals surface area (Å²) in [7, 11) is 3.81. The molecule has 2 N–H and O–H groups in total. The predicted octanol–water partition coefficient (Wildman–Crippen LogP) is 2.72. The van der Waals surface area contributed by atoms with Gasteiger partial charge in [-0.05, 0) is 55.2 Å². The van der Waals surface area contributed by atoms with Crippen LogP contribution in [-0.2, 0) is 25.7 Å². The molecule has 2 aromatic rings. The number of nitrogens with one attached hydrogen (secondary N) is 2. The summed E-state index contributed by atoms with van der Waals surface area (Å²) in [5.74, 6) is -1.47. The van der Waals surface area contributed by atoms with Gasteiger partial charge in [-0.25, -0.2) is 4.79 Å². The molecule has 4 rings (SSSR count). The van der Waals surface area contributed by atoms with Gasteiger partial charge in [-0.1, -0.05) is 44.2 Å². The van der Waals surface area contributed by atoms with Crippen LogP contribution in [0.4, 0.5) is 10.5 Å². The number of alkyl carbamates (subject to hydrolysis) is 1. The molecule has 0 bridgehead atoms. The molecule has 2 aliphatic heterocycles. The molecule has 11 nitrogen and oxygen atoms in total. The highest BCUT2D eigenvalue weighted by molar-refractivity contribution is 6.03. The minimum atomic E-state index is -0.965. The number of carbonyl (C=O) groups excluding carboxylic acids is 5. The van der Waals surface area contributed by atoms with E-state index in [1.807, 2.05) is 75.3 Å². The van der Waals surface area contributed by atoms with Crippen molar-refractivity contribution in [2.45, 2.75) is 51.9 Å². The monoisotopic (exact) mass is 589 g/mol. The molecule has 3 atom stereocenters. The second kappa shape index (κ2) is 13.5.